The van der Waals surface area contributed by atoms with Crippen molar-refractivity contribution >= 4 is 40.4 Å². The van der Waals surface area contributed by atoms with Crippen LogP contribution >= 0.6 is 0 Å². The van der Waals surface area contributed by atoms with Crippen LogP contribution in [0.5, 0.6) is 0 Å². The summed E-state index contributed by atoms with van der Waals surface area (Å²) in [6, 6.07) is 15.9. The van der Waals surface area contributed by atoms with Crippen molar-refractivity contribution in [2.45, 2.75) is 50.7 Å². The second-order valence-electron chi connectivity index (χ2n) is 10.6. The third-order valence-electron chi connectivity index (χ3n) is 8.47. The largest absolute Gasteiger partial charge is 0.299 e. The van der Waals surface area contributed by atoms with Gasteiger partial charge in [0.25, 0.3) is 5.91 Å². The lowest BCUT2D eigenvalue weighted by molar-refractivity contribution is -0.134. The molecule has 3 amide bonds. The van der Waals surface area contributed by atoms with Crippen LogP contribution in [0.3, 0.4) is 0 Å². The van der Waals surface area contributed by atoms with Crippen LogP contribution in [0.25, 0.3) is 10.8 Å². The van der Waals surface area contributed by atoms with Gasteiger partial charge in [0.05, 0.1) is 12.2 Å². The molecule has 4 aliphatic rings. The molecule has 0 aromatic heterocycles. The normalized spacial score (nSPS) is 21.7. The van der Waals surface area contributed by atoms with Gasteiger partial charge in [0.15, 0.2) is 0 Å². The number of amides is 3. The zero-order valence-electron chi connectivity index (χ0n) is 20.6. The molecule has 7 rings (SSSR count). The number of rotatable bonds is 4. The molecule has 4 heterocycles. The van der Waals surface area contributed by atoms with E-state index in [-0.39, 0.29) is 18.2 Å². The summed E-state index contributed by atoms with van der Waals surface area (Å²) in [5.41, 5.74) is 6.69. The Hall–Kier alpha value is -3.84. The van der Waals surface area contributed by atoms with E-state index >= 15 is 0 Å². The Morgan fingerprint density at radius 1 is 0.946 bits per heavy atom. The van der Waals surface area contributed by atoms with Gasteiger partial charge in [-0.15, -0.1) is 0 Å². The Labute approximate surface area is 215 Å². The van der Waals surface area contributed by atoms with Crippen molar-refractivity contribution in [2.24, 2.45) is 4.99 Å². The first kappa shape index (κ1) is 22.4. The van der Waals surface area contributed by atoms with Gasteiger partial charge in [-0.2, -0.15) is 0 Å². The van der Waals surface area contributed by atoms with Crippen LogP contribution in [0.15, 0.2) is 53.5 Å². The summed E-state index contributed by atoms with van der Waals surface area (Å²) < 4.78 is 0. The van der Waals surface area contributed by atoms with Crippen LogP contribution in [0.2, 0.25) is 0 Å². The zero-order valence-corrected chi connectivity index (χ0v) is 20.6. The van der Waals surface area contributed by atoms with E-state index in [2.05, 4.69) is 45.5 Å². The predicted molar refractivity (Wildman–Crippen MR) is 142 cm³/mol. The summed E-state index contributed by atoms with van der Waals surface area (Å²) in [6.07, 6.45) is 4.74. The number of anilines is 1. The Bertz CT molecular complexity index is 1500. The Kier molecular flexibility index (Phi) is 5.22. The Balaban J connectivity index is 1.14. The van der Waals surface area contributed by atoms with E-state index in [0.717, 1.165) is 55.5 Å². The highest BCUT2D eigenvalue weighted by Crippen LogP contribution is 2.43. The van der Waals surface area contributed by atoms with Crippen LogP contribution in [0.4, 0.5) is 5.69 Å². The molecule has 0 bridgehead atoms. The highest BCUT2D eigenvalue weighted by Gasteiger charge is 2.41. The maximum Gasteiger partial charge on any atom is 0.259 e. The summed E-state index contributed by atoms with van der Waals surface area (Å²) in [7, 11) is 0. The second-order valence-corrected chi connectivity index (χ2v) is 10.6. The second kappa shape index (κ2) is 8.63. The molecular formula is C30H28N4O3. The highest BCUT2D eigenvalue weighted by molar-refractivity contribution is 6.27. The van der Waals surface area contributed by atoms with Gasteiger partial charge in [-0.25, -0.2) is 0 Å². The van der Waals surface area contributed by atoms with E-state index in [0.29, 0.717) is 17.9 Å². The van der Waals surface area contributed by atoms with Gasteiger partial charge in [-0.3, -0.25) is 34.5 Å². The minimum Gasteiger partial charge on any atom is -0.299 e. The number of carbonyl (C=O) groups is 3. The third kappa shape index (κ3) is 3.60. The van der Waals surface area contributed by atoms with Crippen molar-refractivity contribution in [3.8, 4) is 0 Å². The molecule has 1 unspecified atom stereocenters. The van der Waals surface area contributed by atoms with Crippen LogP contribution in [0, 0.1) is 0 Å². The third-order valence-corrected chi connectivity index (χ3v) is 8.47. The van der Waals surface area contributed by atoms with E-state index in [1.165, 1.54) is 22.3 Å². The average Bonchev–Trinajstić information content (AvgIpc) is 3.50. The van der Waals surface area contributed by atoms with E-state index in [1.807, 2.05) is 24.4 Å². The molecule has 2 fully saturated rings. The van der Waals surface area contributed by atoms with E-state index in [1.54, 1.807) is 4.90 Å². The Morgan fingerprint density at radius 3 is 2.62 bits per heavy atom. The van der Waals surface area contributed by atoms with Crippen molar-refractivity contribution in [3.63, 3.8) is 0 Å². The lowest BCUT2D eigenvalue weighted by Gasteiger charge is -2.33. The molecule has 1 atom stereocenters. The fraction of sp³-hybridized carbons (Fsp3) is 0.333. The van der Waals surface area contributed by atoms with Gasteiger partial charge in [0.1, 0.15) is 6.04 Å². The Morgan fingerprint density at radius 2 is 1.78 bits per heavy atom. The lowest BCUT2D eigenvalue weighted by Crippen LogP contribution is -2.53. The van der Waals surface area contributed by atoms with Crippen LogP contribution in [-0.4, -0.2) is 48.0 Å². The number of hydrogen-bond donors (Lipinski definition) is 1. The van der Waals surface area contributed by atoms with Gasteiger partial charge in [0.2, 0.25) is 11.8 Å². The quantitative estimate of drug-likeness (QED) is 0.560. The molecule has 0 spiro atoms. The van der Waals surface area contributed by atoms with Crippen LogP contribution in [-0.2, 0) is 22.7 Å². The van der Waals surface area contributed by atoms with Crippen LogP contribution < -0.4 is 10.2 Å². The summed E-state index contributed by atoms with van der Waals surface area (Å²) in [5, 5.41) is 4.45. The number of aliphatic imine (C=N–C) groups is 1. The first-order valence-electron chi connectivity index (χ1n) is 13.1. The molecule has 2 saturated heterocycles. The number of nitrogens with one attached hydrogen (secondary N) is 1. The molecule has 0 saturated carbocycles. The number of piperidine rings is 2. The number of imide groups is 1. The summed E-state index contributed by atoms with van der Waals surface area (Å²) in [5.74, 6) is -0.399. The van der Waals surface area contributed by atoms with Crippen LogP contribution in [0.1, 0.15) is 64.2 Å². The monoisotopic (exact) mass is 492 g/mol. The molecule has 186 valence electrons. The maximum atomic E-state index is 13.4. The minimum atomic E-state index is -0.653. The van der Waals surface area contributed by atoms with Crippen molar-refractivity contribution in [2.75, 3.05) is 18.0 Å². The van der Waals surface area contributed by atoms with E-state index < -0.39 is 11.9 Å². The molecule has 0 aliphatic carbocycles. The maximum absolute atomic E-state index is 13.4. The molecule has 7 heteroatoms. The summed E-state index contributed by atoms with van der Waals surface area (Å²) >= 11 is 0. The molecule has 4 aliphatic heterocycles. The van der Waals surface area contributed by atoms with Gasteiger partial charge in [-0.05, 0) is 72.5 Å². The molecule has 3 aromatic rings. The first-order valence-corrected chi connectivity index (χ1v) is 13.1. The van der Waals surface area contributed by atoms with Gasteiger partial charge < -0.3 is 0 Å². The number of nitrogens with zero attached hydrogens (tertiary/aromatic N) is 3. The zero-order chi connectivity index (χ0) is 25.1. The van der Waals surface area contributed by atoms with Gasteiger partial charge >= 0.3 is 0 Å². The number of fused-ring (bicyclic) bond motifs is 1. The number of carbonyl (C=O) groups excluding carboxylic acids is 3. The smallest absolute Gasteiger partial charge is 0.259 e. The SMILES string of the molecule is O=C1CCC(N2C(=O)c3ccc(C4CCN(Cc5cccc6c5C=NC6)CC4)c4cccc2c34)C(=O)N1. The average molecular weight is 493 g/mol. The van der Waals surface area contributed by atoms with Gasteiger partial charge in [-0.1, -0.05) is 36.4 Å². The molecule has 37 heavy (non-hydrogen) atoms. The number of benzene rings is 3. The summed E-state index contributed by atoms with van der Waals surface area (Å²) in [6.45, 7) is 3.78. The van der Waals surface area contributed by atoms with Crippen molar-refractivity contribution in [3.05, 3.63) is 76.3 Å². The fourth-order valence-corrected chi connectivity index (χ4v) is 6.61. The molecule has 0 radical (unpaired) electrons. The fourth-order valence-electron chi connectivity index (χ4n) is 6.61. The van der Waals surface area contributed by atoms with E-state index in [4.69, 9.17) is 0 Å². The standard InChI is InChI=1S/C30H28N4O3/c35-27-10-9-26(29(36)32-27)34-25-6-2-5-22-21(7-8-23(28(22)25)30(34)37)18-11-13-33(14-12-18)17-20-4-1-3-19-15-31-16-24(19)20/h1-8,16,18,26H,9-15,17H2,(H,32,35,36). The van der Waals surface area contributed by atoms with Crippen molar-refractivity contribution in [1.82, 2.24) is 10.2 Å². The lowest BCUT2D eigenvalue weighted by atomic mass is 9.85. The number of likely N-dealkylation sites (tertiary alicyclic amines) is 1. The van der Waals surface area contributed by atoms with E-state index in [9.17, 15) is 14.4 Å². The molecular weight excluding hydrogens is 464 g/mol. The van der Waals surface area contributed by atoms with Gasteiger partial charge in [0, 0.05) is 35.7 Å². The predicted octanol–water partition coefficient (Wildman–Crippen LogP) is 3.92. The topological polar surface area (TPSA) is 82.1 Å². The number of hydrogen-bond acceptors (Lipinski definition) is 5. The minimum absolute atomic E-state index is 0.152. The molecule has 1 N–H and O–H groups in total. The van der Waals surface area contributed by atoms with Crippen molar-refractivity contribution < 1.29 is 14.4 Å². The summed E-state index contributed by atoms with van der Waals surface area (Å²) in [4.78, 5) is 46.3. The molecule has 3 aromatic carbocycles. The highest BCUT2D eigenvalue weighted by atomic mass is 16.2. The molecule has 7 nitrogen and oxygen atoms in total. The first-order chi connectivity index (χ1) is 18.1. The van der Waals surface area contributed by atoms with Crippen molar-refractivity contribution in [1.29, 1.82) is 0 Å².